The van der Waals surface area contributed by atoms with Crippen LogP contribution in [-0.4, -0.2) is 33.3 Å². The summed E-state index contributed by atoms with van der Waals surface area (Å²) in [5, 5.41) is 6.33. The number of halogens is 2. The molecule has 136 valence electrons. The van der Waals surface area contributed by atoms with Crippen molar-refractivity contribution in [2.45, 2.75) is 6.54 Å². The van der Waals surface area contributed by atoms with Crippen molar-refractivity contribution in [3.63, 3.8) is 0 Å². The topological polar surface area (TPSA) is 54.9 Å². The maximum Gasteiger partial charge on any atom is 0.191 e. The third-order valence-corrected chi connectivity index (χ3v) is 3.30. The molecule has 0 radical (unpaired) electrons. The quantitative estimate of drug-likeness (QED) is 0.288. The van der Waals surface area contributed by atoms with E-state index in [9.17, 15) is 4.39 Å². The van der Waals surface area contributed by atoms with E-state index in [2.05, 4.69) is 15.6 Å². The number of hydrogen-bond donors (Lipinski definition) is 2. The molecule has 0 heterocycles. The summed E-state index contributed by atoms with van der Waals surface area (Å²) in [5.41, 5.74) is 0.899. The van der Waals surface area contributed by atoms with E-state index in [1.165, 1.54) is 6.07 Å². The first-order chi connectivity index (χ1) is 11.7. The normalized spacial score (nSPS) is 10.8. The van der Waals surface area contributed by atoms with E-state index in [0.717, 1.165) is 5.56 Å². The number of nitrogens with one attached hydrogen (secondary N) is 2. The second-order valence-corrected chi connectivity index (χ2v) is 4.99. The highest BCUT2D eigenvalue weighted by Crippen LogP contribution is 2.27. The van der Waals surface area contributed by atoms with Gasteiger partial charge in [0.05, 0.1) is 6.61 Å². The number of guanidine groups is 1. The highest BCUT2D eigenvalue weighted by Gasteiger charge is 2.08. The SMILES string of the molecule is CN=C(NCCOC)NCc1ccccc1Oc1ccccc1F.I. The smallest absolute Gasteiger partial charge is 0.191 e. The fourth-order valence-electron chi connectivity index (χ4n) is 2.07. The van der Waals surface area contributed by atoms with Crippen LogP contribution in [0, 0.1) is 5.82 Å². The van der Waals surface area contributed by atoms with Crippen LogP contribution in [0.25, 0.3) is 0 Å². The van der Waals surface area contributed by atoms with Crippen LogP contribution < -0.4 is 15.4 Å². The summed E-state index contributed by atoms with van der Waals surface area (Å²) >= 11 is 0. The molecular formula is C18H23FIN3O2. The predicted molar refractivity (Wildman–Crippen MR) is 108 cm³/mol. The molecular weight excluding hydrogens is 436 g/mol. The summed E-state index contributed by atoms with van der Waals surface area (Å²) in [7, 11) is 3.35. The van der Waals surface area contributed by atoms with E-state index in [1.54, 1.807) is 32.4 Å². The molecule has 2 N–H and O–H groups in total. The molecule has 0 unspecified atom stereocenters. The standard InChI is InChI=1S/C18H22FN3O2.HI/c1-20-18(21-11-12-23-2)22-13-14-7-3-5-9-16(14)24-17-10-6-4-8-15(17)19;/h3-10H,11-13H2,1-2H3,(H2,20,21,22);1H. The van der Waals surface area contributed by atoms with Gasteiger partial charge in [-0.3, -0.25) is 4.99 Å². The summed E-state index contributed by atoms with van der Waals surface area (Å²) in [4.78, 5) is 4.14. The van der Waals surface area contributed by atoms with Gasteiger partial charge in [-0.05, 0) is 18.2 Å². The van der Waals surface area contributed by atoms with E-state index < -0.39 is 5.82 Å². The minimum absolute atomic E-state index is 0. The summed E-state index contributed by atoms with van der Waals surface area (Å²) in [6.07, 6.45) is 0. The molecule has 2 aromatic rings. The minimum Gasteiger partial charge on any atom is -0.454 e. The van der Waals surface area contributed by atoms with Crippen LogP contribution in [-0.2, 0) is 11.3 Å². The molecule has 0 fully saturated rings. The molecule has 0 atom stereocenters. The first kappa shape index (κ1) is 21.2. The van der Waals surface area contributed by atoms with Crippen LogP contribution in [0.3, 0.4) is 0 Å². The van der Waals surface area contributed by atoms with Gasteiger partial charge in [0.15, 0.2) is 17.5 Å². The summed E-state index contributed by atoms with van der Waals surface area (Å²) in [6, 6.07) is 13.8. The lowest BCUT2D eigenvalue weighted by molar-refractivity contribution is 0.203. The van der Waals surface area contributed by atoms with Crippen molar-refractivity contribution in [1.29, 1.82) is 0 Å². The Morgan fingerprint density at radius 3 is 2.40 bits per heavy atom. The van der Waals surface area contributed by atoms with Crippen LogP contribution in [0.15, 0.2) is 53.5 Å². The molecule has 2 rings (SSSR count). The number of ether oxygens (including phenoxy) is 2. The Morgan fingerprint density at radius 2 is 1.72 bits per heavy atom. The third kappa shape index (κ3) is 6.87. The van der Waals surface area contributed by atoms with Crippen LogP contribution in [0.5, 0.6) is 11.5 Å². The Labute approximate surface area is 164 Å². The van der Waals surface area contributed by atoms with Crippen molar-refractivity contribution in [1.82, 2.24) is 10.6 Å². The summed E-state index contributed by atoms with van der Waals surface area (Å²) in [6.45, 7) is 1.74. The lowest BCUT2D eigenvalue weighted by atomic mass is 10.2. The van der Waals surface area contributed by atoms with Crippen molar-refractivity contribution in [2.24, 2.45) is 4.99 Å². The van der Waals surface area contributed by atoms with Gasteiger partial charge in [0.2, 0.25) is 0 Å². The Hall–Kier alpha value is -1.87. The van der Waals surface area contributed by atoms with Gasteiger partial charge >= 0.3 is 0 Å². The van der Waals surface area contributed by atoms with E-state index in [-0.39, 0.29) is 29.7 Å². The lowest BCUT2D eigenvalue weighted by Crippen LogP contribution is -2.38. The van der Waals surface area contributed by atoms with Gasteiger partial charge in [-0.1, -0.05) is 30.3 Å². The Kier molecular flexibility index (Phi) is 9.86. The highest BCUT2D eigenvalue weighted by molar-refractivity contribution is 14.0. The summed E-state index contributed by atoms with van der Waals surface area (Å²) in [5.74, 6) is 1.07. The zero-order valence-electron chi connectivity index (χ0n) is 14.3. The molecule has 0 spiro atoms. The lowest BCUT2D eigenvalue weighted by Gasteiger charge is -2.14. The molecule has 5 nitrogen and oxygen atoms in total. The fraction of sp³-hybridized carbons (Fsp3) is 0.278. The first-order valence-electron chi connectivity index (χ1n) is 7.68. The maximum atomic E-state index is 13.8. The molecule has 7 heteroatoms. The average Bonchev–Trinajstić information content (AvgIpc) is 2.61. The van der Waals surface area contributed by atoms with Crippen molar-refractivity contribution >= 4 is 29.9 Å². The van der Waals surface area contributed by atoms with E-state index in [0.29, 0.717) is 31.4 Å². The molecule has 0 aromatic heterocycles. The van der Waals surface area contributed by atoms with Crippen molar-refractivity contribution < 1.29 is 13.9 Å². The van der Waals surface area contributed by atoms with Crippen LogP contribution in [0.1, 0.15) is 5.56 Å². The molecule has 2 aromatic carbocycles. The predicted octanol–water partition coefficient (Wildman–Crippen LogP) is 3.55. The van der Waals surface area contributed by atoms with Crippen molar-refractivity contribution in [3.8, 4) is 11.5 Å². The first-order valence-corrected chi connectivity index (χ1v) is 7.68. The zero-order chi connectivity index (χ0) is 17.2. The number of methoxy groups -OCH3 is 1. The van der Waals surface area contributed by atoms with Crippen LogP contribution >= 0.6 is 24.0 Å². The number of nitrogens with zero attached hydrogens (tertiary/aromatic N) is 1. The monoisotopic (exact) mass is 459 g/mol. The number of aliphatic imine (C=N–C) groups is 1. The molecule has 0 saturated carbocycles. The number of para-hydroxylation sites is 2. The van der Waals surface area contributed by atoms with Gasteiger partial charge in [0.25, 0.3) is 0 Å². The molecule has 0 aliphatic rings. The number of hydrogen-bond acceptors (Lipinski definition) is 3. The van der Waals surface area contributed by atoms with Gasteiger partial charge in [-0.25, -0.2) is 4.39 Å². The van der Waals surface area contributed by atoms with Gasteiger partial charge < -0.3 is 20.1 Å². The third-order valence-electron chi connectivity index (χ3n) is 3.30. The Balaban J connectivity index is 0.00000312. The number of rotatable bonds is 7. The maximum absolute atomic E-state index is 13.8. The van der Waals surface area contributed by atoms with E-state index >= 15 is 0 Å². The molecule has 0 aliphatic carbocycles. The molecule has 0 bridgehead atoms. The number of benzene rings is 2. The van der Waals surface area contributed by atoms with Crippen LogP contribution in [0.4, 0.5) is 4.39 Å². The van der Waals surface area contributed by atoms with Crippen molar-refractivity contribution in [2.75, 3.05) is 27.3 Å². The van der Waals surface area contributed by atoms with Gasteiger partial charge in [-0.2, -0.15) is 0 Å². The molecule has 0 saturated heterocycles. The van der Waals surface area contributed by atoms with Gasteiger partial charge in [0.1, 0.15) is 5.75 Å². The zero-order valence-corrected chi connectivity index (χ0v) is 16.6. The molecule has 0 aliphatic heterocycles. The summed E-state index contributed by atoms with van der Waals surface area (Å²) < 4.78 is 24.5. The van der Waals surface area contributed by atoms with Gasteiger partial charge in [-0.15, -0.1) is 24.0 Å². The Morgan fingerprint density at radius 1 is 1.04 bits per heavy atom. The fourth-order valence-corrected chi connectivity index (χ4v) is 2.07. The second kappa shape index (κ2) is 11.6. The van der Waals surface area contributed by atoms with Crippen molar-refractivity contribution in [3.05, 3.63) is 59.9 Å². The average molecular weight is 459 g/mol. The van der Waals surface area contributed by atoms with Gasteiger partial charge in [0, 0.05) is 32.8 Å². The van der Waals surface area contributed by atoms with E-state index in [4.69, 9.17) is 9.47 Å². The largest absolute Gasteiger partial charge is 0.454 e. The highest BCUT2D eigenvalue weighted by atomic mass is 127. The van der Waals surface area contributed by atoms with Crippen LogP contribution in [0.2, 0.25) is 0 Å². The minimum atomic E-state index is -0.391. The second-order valence-electron chi connectivity index (χ2n) is 4.99. The van der Waals surface area contributed by atoms with E-state index in [1.807, 2.05) is 24.3 Å². The molecule has 25 heavy (non-hydrogen) atoms. The Bertz CT molecular complexity index is 683. The molecule has 0 amide bonds.